The van der Waals surface area contributed by atoms with E-state index in [1.165, 1.54) is 43.3 Å². The van der Waals surface area contributed by atoms with Crippen molar-refractivity contribution in [3.63, 3.8) is 0 Å². The zero-order valence-electron chi connectivity index (χ0n) is 10.1. The summed E-state index contributed by atoms with van der Waals surface area (Å²) < 4.78 is 0. The van der Waals surface area contributed by atoms with E-state index in [0.717, 1.165) is 0 Å². The molecular formula is C12H12N2O5. The number of nitro benzene ring substituents is 1. The summed E-state index contributed by atoms with van der Waals surface area (Å²) in [6, 6.07) is 4.63. The maximum absolute atomic E-state index is 11.3. The molecule has 1 atom stereocenters. The standard InChI is InChI=1S/C12H12N2O5/c1-8(12(16)17)13-11(15)7-4-9-2-5-10(6-3-9)14(18)19/h2-8H,1H3,(H,13,15)(H,16,17)/t8-/m1/s1. The van der Waals surface area contributed by atoms with Crippen LogP contribution in [0.15, 0.2) is 30.3 Å². The van der Waals surface area contributed by atoms with Gasteiger partial charge in [0.05, 0.1) is 4.92 Å². The van der Waals surface area contributed by atoms with Gasteiger partial charge < -0.3 is 10.4 Å². The molecule has 0 unspecified atom stereocenters. The van der Waals surface area contributed by atoms with E-state index in [2.05, 4.69) is 5.32 Å². The monoisotopic (exact) mass is 264 g/mol. The van der Waals surface area contributed by atoms with Crippen LogP contribution < -0.4 is 5.32 Å². The van der Waals surface area contributed by atoms with Gasteiger partial charge in [-0.1, -0.05) is 0 Å². The highest BCUT2D eigenvalue weighted by atomic mass is 16.6. The average molecular weight is 264 g/mol. The maximum Gasteiger partial charge on any atom is 0.325 e. The molecule has 0 bridgehead atoms. The molecule has 0 aliphatic carbocycles. The Morgan fingerprint density at radius 1 is 1.37 bits per heavy atom. The van der Waals surface area contributed by atoms with Crippen LogP contribution in [-0.2, 0) is 9.59 Å². The van der Waals surface area contributed by atoms with Crippen LogP contribution >= 0.6 is 0 Å². The number of hydrogen-bond donors (Lipinski definition) is 2. The minimum Gasteiger partial charge on any atom is -0.480 e. The first kappa shape index (κ1) is 14.4. The number of nitro groups is 1. The summed E-state index contributed by atoms with van der Waals surface area (Å²) in [5.74, 6) is -1.68. The first-order valence-electron chi connectivity index (χ1n) is 5.36. The minimum absolute atomic E-state index is 0.0406. The summed E-state index contributed by atoms with van der Waals surface area (Å²) in [5.41, 5.74) is 0.560. The predicted molar refractivity (Wildman–Crippen MR) is 67.4 cm³/mol. The van der Waals surface area contributed by atoms with Gasteiger partial charge in [-0.25, -0.2) is 0 Å². The number of amides is 1. The van der Waals surface area contributed by atoms with E-state index in [0.29, 0.717) is 5.56 Å². The average Bonchev–Trinajstić information content (AvgIpc) is 2.36. The molecular weight excluding hydrogens is 252 g/mol. The lowest BCUT2D eigenvalue weighted by Gasteiger charge is -2.05. The Morgan fingerprint density at radius 3 is 2.42 bits per heavy atom. The summed E-state index contributed by atoms with van der Waals surface area (Å²) in [7, 11) is 0. The van der Waals surface area contributed by atoms with Crippen LogP contribution in [0.2, 0.25) is 0 Å². The van der Waals surface area contributed by atoms with Crippen LogP contribution in [-0.4, -0.2) is 27.9 Å². The lowest BCUT2D eigenvalue weighted by atomic mass is 10.2. The quantitative estimate of drug-likeness (QED) is 0.471. The molecule has 7 nitrogen and oxygen atoms in total. The Morgan fingerprint density at radius 2 is 1.95 bits per heavy atom. The molecule has 7 heteroatoms. The number of carbonyl (C=O) groups excluding carboxylic acids is 1. The second kappa shape index (κ2) is 6.29. The number of nitrogens with one attached hydrogen (secondary N) is 1. The van der Waals surface area contributed by atoms with E-state index in [1.54, 1.807) is 0 Å². The highest BCUT2D eigenvalue weighted by Gasteiger charge is 2.11. The molecule has 19 heavy (non-hydrogen) atoms. The van der Waals surface area contributed by atoms with Crippen molar-refractivity contribution in [3.05, 3.63) is 46.0 Å². The van der Waals surface area contributed by atoms with Crippen molar-refractivity contribution in [3.8, 4) is 0 Å². The second-order valence-corrected chi connectivity index (χ2v) is 3.75. The van der Waals surface area contributed by atoms with Gasteiger partial charge in [0.1, 0.15) is 6.04 Å². The fourth-order valence-electron chi connectivity index (χ4n) is 1.20. The largest absolute Gasteiger partial charge is 0.480 e. The van der Waals surface area contributed by atoms with Crippen molar-refractivity contribution >= 4 is 23.6 Å². The van der Waals surface area contributed by atoms with Crippen molar-refractivity contribution in [1.82, 2.24) is 5.32 Å². The van der Waals surface area contributed by atoms with E-state index in [1.807, 2.05) is 0 Å². The lowest BCUT2D eigenvalue weighted by Crippen LogP contribution is -2.37. The van der Waals surface area contributed by atoms with E-state index in [-0.39, 0.29) is 5.69 Å². The highest BCUT2D eigenvalue weighted by molar-refractivity contribution is 5.94. The molecule has 0 aliphatic rings. The third kappa shape index (κ3) is 4.58. The van der Waals surface area contributed by atoms with Gasteiger partial charge in [0, 0.05) is 18.2 Å². The van der Waals surface area contributed by atoms with Crippen LogP contribution in [0.1, 0.15) is 12.5 Å². The number of hydrogen-bond acceptors (Lipinski definition) is 4. The molecule has 1 aromatic carbocycles. The van der Waals surface area contributed by atoms with Crippen molar-refractivity contribution < 1.29 is 19.6 Å². The summed E-state index contributed by atoms with van der Waals surface area (Å²) in [5, 5.41) is 21.3. The third-order valence-corrected chi connectivity index (χ3v) is 2.26. The SMILES string of the molecule is C[C@@H](NC(=O)C=Cc1ccc([N+](=O)[O-])cc1)C(=O)O. The van der Waals surface area contributed by atoms with Gasteiger partial charge >= 0.3 is 5.97 Å². The fraction of sp³-hybridized carbons (Fsp3) is 0.167. The van der Waals surface area contributed by atoms with Crippen molar-refractivity contribution in [1.29, 1.82) is 0 Å². The minimum atomic E-state index is -1.13. The molecule has 1 aromatic rings. The zero-order chi connectivity index (χ0) is 14.4. The number of benzene rings is 1. The predicted octanol–water partition coefficient (Wildman–Crippen LogP) is 1.20. The molecule has 2 N–H and O–H groups in total. The fourth-order valence-corrected chi connectivity index (χ4v) is 1.20. The van der Waals surface area contributed by atoms with Gasteiger partial charge in [-0.05, 0) is 30.7 Å². The van der Waals surface area contributed by atoms with Gasteiger partial charge in [0.15, 0.2) is 0 Å². The number of carbonyl (C=O) groups is 2. The van der Waals surface area contributed by atoms with Crippen molar-refractivity contribution in [2.24, 2.45) is 0 Å². The van der Waals surface area contributed by atoms with Crippen LogP contribution in [0, 0.1) is 10.1 Å². The molecule has 1 amide bonds. The molecule has 1 rings (SSSR count). The first-order valence-corrected chi connectivity index (χ1v) is 5.36. The third-order valence-electron chi connectivity index (χ3n) is 2.26. The summed E-state index contributed by atoms with van der Waals surface area (Å²) in [4.78, 5) is 31.8. The number of carboxylic acid groups (broad SMARTS) is 1. The van der Waals surface area contributed by atoms with Crippen LogP contribution in [0.5, 0.6) is 0 Å². The van der Waals surface area contributed by atoms with Gasteiger partial charge in [0.25, 0.3) is 5.69 Å². The summed E-state index contributed by atoms with van der Waals surface area (Å²) in [6.45, 7) is 1.35. The zero-order valence-corrected chi connectivity index (χ0v) is 10.1. The van der Waals surface area contributed by atoms with Gasteiger partial charge in [0.2, 0.25) is 5.91 Å². The molecule has 0 aliphatic heterocycles. The van der Waals surface area contributed by atoms with Crippen molar-refractivity contribution in [2.45, 2.75) is 13.0 Å². The molecule has 0 heterocycles. The second-order valence-electron chi connectivity index (χ2n) is 3.75. The van der Waals surface area contributed by atoms with Crippen LogP contribution in [0.25, 0.3) is 6.08 Å². The Balaban J connectivity index is 2.63. The van der Waals surface area contributed by atoms with E-state index in [4.69, 9.17) is 5.11 Å². The number of carboxylic acids is 1. The Labute approximate surface area is 108 Å². The van der Waals surface area contributed by atoms with Crippen molar-refractivity contribution in [2.75, 3.05) is 0 Å². The van der Waals surface area contributed by atoms with E-state index in [9.17, 15) is 19.7 Å². The van der Waals surface area contributed by atoms with Gasteiger partial charge in [-0.3, -0.25) is 19.7 Å². The molecule has 100 valence electrons. The van der Waals surface area contributed by atoms with E-state index >= 15 is 0 Å². The summed E-state index contributed by atoms with van der Waals surface area (Å²) >= 11 is 0. The first-order chi connectivity index (χ1) is 8.90. The summed E-state index contributed by atoms with van der Waals surface area (Å²) in [6.07, 6.45) is 2.61. The molecule has 0 saturated carbocycles. The normalized spacial score (nSPS) is 12.1. The Bertz CT molecular complexity index is 521. The van der Waals surface area contributed by atoms with E-state index < -0.39 is 22.8 Å². The molecule has 0 aromatic heterocycles. The number of aliphatic carboxylic acids is 1. The maximum atomic E-state index is 11.3. The number of rotatable bonds is 5. The van der Waals surface area contributed by atoms with Crippen LogP contribution in [0.4, 0.5) is 5.69 Å². The molecule has 0 spiro atoms. The number of nitrogens with zero attached hydrogens (tertiary/aromatic N) is 1. The Kier molecular flexibility index (Phi) is 4.76. The highest BCUT2D eigenvalue weighted by Crippen LogP contribution is 2.12. The smallest absolute Gasteiger partial charge is 0.325 e. The molecule has 0 fully saturated rings. The van der Waals surface area contributed by atoms with Crippen LogP contribution in [0.3, 0.4) is 0 Å². The van der Waals surface area contributed by atoms with Gasteiger partial charge in [-0.2, -0.15) is 0 Å². The van der Waals surface area contributed by atoms with Gasteiger partial charge in [-0.15, -0.1) is 0 Å². The Hall–Kier alpha value is -2.70. The lowest BCUT2D eigenvalue weighted by molar-refractivity contribution is -0.384. The number of non-ortho nitro benzene ring substituents is 1. The topological polar surface area (TPSA) is 110 Å². The molecule has 0 saturated heterocycles. The molecule has 0 radical (unpaired) electrons.